The number of anilines is 4. The van der Waals surface area contributed by atoms with Gasteiger partial charge in [-0.25, -0.2) is 9.97 Å². The lowest BCUT2D eigenvalue weighted by molar-refractivity contribution is 0.271. The summed E-state index contributed by atoms with van der Waals surface area (Å²) in [4.78, 5) is 14.1. The van der Waals surface area contributed by atoms with E-state index in [-0.39, 0.29) is 0 Å². The van der Waals surface area contributed by atoms with Crippen LogP contribution in [0.15, 0.2) is 72.4 Å². The first-order valence-corrected chi connectivity index (χ1v) is 13.6. The zero-order valence-corrected chi connectivity index (χ0v) is 21.7. The molecule has 3 aromatic carbocycles. The molecule has 5 aromatic rings. The van der Waals surface area contributed by atoms with Gasteiger partial charge in [-0.2, -0.15) is 0 Å². The monoisotopic (exact) mass is 506 g/mol. The third kappa shape index (κ3) is 4.75. The molecule has 186 valence electrons. The highest BCUT2D eigenvalue weighted by Crippen LogP contribution is 2.33. The van der Waals surface area contributed by atoms with Crippen molar-refractivity contribution in [2.45, 2.75) is 6.92 Å². The molecule has 3 heterocycles. The third-order valence-electron chi connectivity index (χ3n) is 7.13. The van der Waals surface area contributed by atoms with Gasteiger partial charge in [0.15, 0.2) is 5.82 Å². The molecule has 1 fully saturated rings. The predicted octanol–water partition coefficient (Wildman–Crippen LogP) is 6.48. The lowest BCUT2D eigenvalue weighted by Crippen LogP contribution is -2.46. The summed E-state index contributed by atoms with van der Waals surface area (Å²) in [5.41, 5.74) is 12.4. The number of nitrogens with zero attached hydrogens (tertiary/aromatic N) is 4. The Morgan fingerprint density at radius 2 is 1.65 bits per heavy atom. The van der Waals surface area contributed by atoms with Crippen molar-refractivity contribution in [3.63, 3.8) is 0 Å². The number of hydrogen-bond donors (Lipinski definition) is 2. The van der Waals surface area contributed by atoms with Crippen LogP contribution < -0.4 is 16.0 Å². The van der Waals surface area contributed by atoms with E-state index in [1.54, 1.807) is 17.7 Å². The number of likely N-dealkylation sites (N-methyl/N-ethyl adjacent to an activating group) is 1. The Morgan fingerprint density at radius 1 is 0.892 bits per heavy atom. The molecule has 1 aliphatic heterocycles. The van der Waals surface area contributed by atoms with E-state index in [9.17, 15) is 0 Å². The Bertz CT molecular complexity index is 1560. The Labute approximate surface area is 221 Å². The maximum absolute atomic E-state index is 6.18. The fourth-order valence-electron chi connectivity index (χ4n) is 4.96. The normalized spacial score (nSPS) is 14.7. The Balaban J connectivity index is 1.22. The van der Waals surface area contributed by atoms with Crippen molar-refractivity contribution in [2.24, 2.45) is 0 Å². The Hall–Kier alpha value is -3.94. The average molecular weight is 507 g/mol. The average Bonchev–Trinajstić information content (AvgIpc) is 3.37. The number of nitrogens with one attached hydrogen (secondary N) is 1. The fraction of sp³-hybridized carbons (Fsp3) is 0.200. The lowest BCUT2D eigenvalue weighted by Gasteiger charge is -2.35. The van der Waals surface area contributed by atoms with Crippen molar-refractivity contribution in [3.05, 3.63) is 83.5 Å². The maximum atomic E-state index is 6.18. The van der Waals surface area contributed by atoms with Gasteiger partial charge in [-0.1, -0.05) is 49.4 Å². The SMILES string of the molecule is CCN1CCN(c2ccc(Nc3ncnc4c(/C=C/c5ccc(N)c6ccccc56)csc34)cc2)CC1. The van der Waals surface area contributed by atoms with Crippen molar-refractivity contribution >= 4 is 67.4 Å². The van der Waals surface area contributed by atoms with Crippen molar-refractivity contribution < 1.29 is 0 Å². The second-order valence-electron chi connectivity index (χ2n) is 9.31. The molecule has 0 aliphatic carbocycles. The summed E-state index contributed by atoms with van der Waals surface area (Å²) in [6, 6.07) is 20.9. The molecule has 7 heteroatoms. The minimum absolute atomic E-state index is 0.796. The van der Waals surface area contributed by atoms with Crippen LogP contribution in [0.3, 0.4) is 0 Å². The summed E-state index contributed by atoms with van der Waals surface area (Å²) >= 11 is 1.66. The van der Waals surface area contributed by atoms with Crippen LogP contribution in [0.4, 0.5) is 22.9 Å². The van der Waals surface area contributed by atoms with Gasteiger partial charge in [-0.15, -0.1) is 11.3 Å². The molecule has 0 saturated carbocycles. The van der Waals surface area contributed by atoms with Gasteiger partial charge in [0, 0.05) is 59.6 Å². The van der Waals surface area contributed by atoms with Crippen molar-refractivity contribution in [2.75, 3.05) is 48.7 Å². The number of fused-ring (bicyclic) bond motifs is 2. The molecular formula is C30H30N6S. The van der Waals surface area contributed by atoms with Crippen LogP contribution in [0.2, 0.25) is 0 Å². The largest absolute Gasteiger partial charge is 0.398 e. The molecule has 0 atom stereocenters. The molecule has 0 spiro atoms. The van der Waals surface area contributed by atoms with Crippen LogP contribution in [0.5, 0.6) is 0 Å². The molecule has 2 aromatic heterocycles. The van der Waals surface area contributed by atoms with E-state index in [1.165, 1.54) is 5.69 Å². The van der Waals surface area contributed by atoms with E-state index < -0.39 is 0 Å². The van der Waals surface area contributed by atoms with E-state index in [2.05, 4.69) is 92.0 Å². The standard InChI is InChI=1S/C30H30N6S/c1-2-35-15-17-36(18-16-35)24-12-10-23(11-13-24)34-30-29-28(32-20-33-30)22(19-37-29)8-7-21-9-14-27(31)26-6-4-3-5-25(21)26/h3-14,19-20H,2,15-18,31H2,1H3,(H,32,33,34)/b8-7+. The highest BCUT2D eigenvalue weighted by atomic mass is 32.1. The first-order valence-electron chi connectivity index (χ1n) is 12.7. The molecule has 3 N–H and O–H groups in total. The van der Waals surface area contributed by atoms with Gasteiger partial charge in [0.05, 0.1) is 10.2 Å². The number of hydrogen-bond acceptors (Lipinski definition) is 7. The van der Waals surface area contributed by atoms with Gasteiger partial charge < -0.3 is 20.9 Å². The van der Waals surface area contributed by atoms with E-state index in [0.29, 0.717) is 0 Å². The first kappa shape index (κ1) is 23.5. The summed E-state index contributed by atoms with van der Waals surface area (Å²) in [6.07, 6.45) is 5.90. The zero-order valence-electron chi connectivity index (χ0n) is 20.9. The summed E-state index contributed by atoms with van der Waals surface area (Å²) < 4.78 is 1.05. The molecule has 0 bridgehead atoms. The smallest absolute Gasteiger partial charge is 0.151 e. The van der Waals surface area contributed by atoms with Gasteiger partial charge in [0.2, 0.25) is 0 Å². The van der Waals surface area contributed by atoms with Crippen LogP contribution in [0, 0.1) is 0 Å². The number of benzene rings is 3. The summed E-state index contributed by atoms with van der Waals surface area (Å²) in [7, 11) is 0. The first-order chi connectivity index (χ1) is 18.2. The molecule has 0 unspecified atom stereocenters. The topological polar surface area (TPSA) is 70.3 Å². The Kier molecular flexibility index (Phi) is 6.47. The fourth-order valence-corrected chi connectivity index (χ4v) is 5.89. The third-order valence-corrected chi connectivity index (χ3v) is 8.12. The molecule has 1 saturated heterocycles. The minimum atomic E-state index is 0.796. The number of nitrogen functional groups attached to an aromatic ring is 1. The zero-order chi connectivity index (χ0) is 25.2. The Morgan fingerprint density at radius 3 is 2.43 bits per heavy atom. The van der Waals surface area contributed by atoms with Crippen molar-refractivity contribution in [1.29, 1.82) is 0 Å². The summed E-state index contributed by atoms with van der Waals surface area (Å²) in [6.45, 7) is 7.76. The van der Waals surface area contributed by atoms with Crippen molar-refractivity contribution in [3.8, 4) is 0 Å². The maximum Gasteiger partial charge on any atom is 0.151 e. The van der Waals surface area contributed by atoms with Gasteiger partial charge in [0.25, 0.3) is 0 Å². The number of thiophene rings is 1. The van der Waals surface area contributed by atoms with Gasteiger partial charge in [0.1, 0.15) is 6.33 Å². The van der Waals surface area contributed by atoms with Gasteiger partial charge >= 0.3 is 0 Å². The molecule has 1 aliphatic rings. The van der Waals surface area contributed by atoms with Gasteiger partial charge in [-0.3, -0.25) is 0 Å². The van der Waals surface area contributed by atoms with Crippen molar-refractivity contribution in [1.82, 2.24) is 14.9 Å². The van der Waals surface area contributed by atoms with Crippen LogP contribution >= 0.6 is 11.3 Å². The molecule has 6 nitrogen and oxygen atoms in total. The molecular weight excluding hydrogens is 476 g/mol. The second-order valence-corrected chi connectivity index (χ2v) is 10.2. The van der Waals surface area contributed by atoms with E-state index in [0.717, 1.165) is 82.0 Å². The lowest BCUT2D eigenvalue weighted by atomic mass is 10.0. The quantitative estimate of drug-likeness (QED) is 0.257. The van der Waals surface area contributed by atoms with Crippen LogP contribution in [-0.4, -0.2) is 47.6 Å². The number of aromatic nitrogens is 2. The number of nitrogens with two attached hydrogens (primary N) is 1. The van der Waals surface area contributed by atoms with Gasteiger partial charge in [-0.05, 0) is 47.8 Å². The highest BCUT2D eigenvalue weighted by molar-refractivity contribution is 7.18. The second kappa shape index (κ2) is 10.2. The molecule has 37 heavy (non-hydrogen) atoms. The van der Waals surface area contributed by atoms with E-state index in [4.69, 9.17) is 5.73 Å². The van der Waals surface area contributed by atoms with Crippen LogP contribution in [0.1, 0.15) is 18.1 Å². The van der Waals surface area contributed by atoms with Crippen LogP contribution in [0.25, 0.3) is 33.1 Å². The summed E-state index contributed by atoms with van der Waals surface area (Å²) in [5, 5.41) is 7.86. The number of rotatable bonds is 6. The van der Waals surface area contributed by atoms with E-state index >= 15 is 0 Å². The molecule has 0 amide bonds. The highest BCUT2D eigenvalue weighted by Gasteiger charge is 2.16. The minimum Gasteiger partial charge on any atom is -0.398 e. The summed E-state index contributed by atoms with van der Waals surface area (Å²) in [5.74, 6) is 0.830. The number of piperazine rings is 1. The predicted molar refractivity (Wildman–Crippen MR) is 159 cm³/mol. The van der Waals surface area contributed by atoms with Crippen LogP contribution in [-0.2, 0) is 0 Å². The van der Waals surface area contributed by atoms with E-state index in [1.807, 2.05) is 18.2 Å². The molecule has 0 radical (unpaired) electrons. The molecule has 6 rings (SSSR count).